The van der Waals surface area contributed by atoms with Crippen LogP contribution in [0.1, 0.15) is 24.1 Å². The second-order valence-corrected chi connectivity index (χ2v) is 7.37. The van der Waals surface area contributed by atoms with Crippen molar-refractivity contribution >= 4 is 21.4 Å². The van der Waals surface area contributed by atoms with Gasteiger partial charge in [-0.05, 0) is 31.4 Å². The Balaban J connectivity index is 2.06. The molecule has 0 unspecified atom stereocenters. The molecule has 1 heterocycles. The van der Waals surface area contributed by atoms with Crippen molar-refractivity contribution < 1.29 is 13.2 Å². The minimum Gasteiger partial charge on any atom is -0.377 e. The third-order valence-electron chi connectivity index (χ3n) is 3.24. The van der Waals surface area contributed by atoms with E-state index >= 15 is 0 Å². The average Bonchev–Trinajstić information content (AvgIpc) is 2.77. The van der Waals surface area contributed by atoms with Crippen molar-refractivity contribution in [2.45, 2.75) is 29.1 Å². The molecule has 1 aliphatic carbocycles. The van der Waals surface area contributed by atoms with Gasteiger partial charge in [0.05, 0.1) is 5.60 Å². The van der Waals surface area contributed by atoms with E-state index in [0.717, 1.165) is 30.6 Å². The van der Waals surface area contributed by atoms with Crippen LogP contribution in [-0.2, 0) is 14.8 Å². The first-order valence-electron chi connectivity index (χ1n) is 5.56. The zero-order chi connectivity index (χ0) is 13.2. The Morgan fingerprint density at radius 3 is 2.72 bits per heavy atom. The van der Waals surface area contributed by atoms with Crippen molar-refractivity contribution in [2.24, 2.45) is 0 Å². The number of hydrogen-bond donors (Lipinski definition) is 1. The van der Waals surface area contributed by atoms with E-state index in [1.54, 1.807) is 7.11 Å². The molecule has 1 fully saturated rings. The Labute approximate surface area is 110 Å². The Kier molecular flexibility index (Phi) is 3.73. The van der Waals surface area contributed by atoms with Crippen LogP contribution in [0.3, 0.4) is 0 Å². The molecular weight excluding hydrogens is 272 g/mol. The zero-order valence-electron chi connectivity index (χ0n) is 9.97. The molecule has 1 aliphatic rings. The fourth-order valence-corrected chi connectivity index (χ4v) is 4.11. The van der Waals surface area contributed by atoms with Crippen molar-refractivity contribution in [3.05, 3.63) is 17.0 Å². The Morgan fingerprint density at radius 2 is 2.28 bits per heavy atom. The first kappa shape index (κ1) is 13.5. The maximum Gasteiger partial charge on any atom is 0.250 e. The lowest BCUT2D eigenvalue weighted by Crippen LogP contribution is -2.49. The van der Waals surface area contributed by atoms with Gasteiger partial charge in [-0.2, -0.15) is 5.26 Å². The van der Waals surface area contributed by atoms with E-state index in [0.29, 0.717) is 4.88 Å². The van der Waals surface area contributed by atoms with Gasteiger partial charge in [-0.15, -0.1) is 11.3 Å². The second-order valence-electron chi connectivity index (χ2n) is 4.30. The van der Waals surface area contributed by atoms with E-state index in [2.05, 4.69) is 4.72 Å². The van der Waals surface area contributed by atoms with E-state index in [1.165, 1.54) is 12.1 Å². The van der Waals surface area contributed by atoms with Gasteiger partial charge in [0.1, 0.15) is 15.2 Å². The van der Waals surface area contributed by atoms with E-state index < -0.39 is 10.0 Å². The number of sulfonamides is 1. The van der Waals surface area contributed by atoms with Gasteiger partial charge in [0.2, 0.25) is 10.0 Å². The van der Waals surface area contributed by atoms with Crippen LogP contribution in [0.25, 0.3) is 0 Å². The predicted octanol–water partition coefficient (Wildman–Crippen LogP) is 1.47. The molecule has 0 saturated heterocycles. The number of nitrogens with one attached hydrogen (secondary N) is 1. The summed E-state index contributed by atoms with van der Waals surface area (Å²) < 4.78 is 32.1. The maximum atomic E-state index is 12.0. The summed E-state index contributed by atoms with van der Waals surface area (Å²) in [5.41, 5.74) is -0.345. The first-order chi connectivity index (χ1) is 8.51. The maximum absolute atomic E-state index is 12.0. The molecule has 5 nitrogen and oxygen atoms in total. The van der Waals surface area contributed by atoms with Crippen molar-refractivity contribution in [2.75, 3.05) is 13.7 Å². The van der Waals surface area contributed by atoms with Crippen molar-refractivity contribution in [1.29, 1.82) is 5.26 Å². The Bertz CT molecular complexity index is 562. The van der Waals surface area contributed by atoms with Crippen LogP contribution in [0.15, 0.2) is 16.3 Å². The standard InChI is InChI=1S/C11H14N2O3S2/c1-16-11(5-2-6-11)8-13-18(14,15)10-4-3-9(7-12)17-10/h3-4,13H,2,5-6,8H2,1H3. The second kappa shape index (κ2) is 4.97. The smallest absolute Gasteiger partial charge is 0.250 e. The minimum absolute atomic E-state index is 0.171. The summed E-state index contributed by atoms with van der Waals surface area (Å²) in [5, 5.41) is 8.69. The Morgan fingerprint density at radius 1 is 1.56 bits per heavy atom. The van der Waals surface area contributed by atoms with Crippen LogP contribution >= 0.6 is 11.3 Å². The molecule has 0 atom stereocenters. The fraction of sp³-hybridized carbons (Fsp3) is 0.545. The lowest BCUT2D eigenvalue weighted by Gasteiger charge is -2.40. The summed E-state index contributed by atoms with van der Waals surface area (Å²) >= 11 is 0.971. The molecule has 1 N–H and O–H groups in total. The predicted molar refractivity (Wildman–Crippen MR) is 67.8 cm³/mol. The summed E-state index contributed by atoms with van der Waals surface area (Å²) in [6.45, 7) is 0.283. The van der Waals surface area contributed by atoms with Crippen molar-refractivity contribution in [3.8, 4) is 6.07 Å². The van der Waals surface area contributed by atoms with E-state index in [1.807, 2.05) is 6.07 Å². The van der Waals surface area contributed by atoms with Gasteiger partial charge < -0.3 is 4.74 Å². The molecule has 0 bridgehead atoms. The molecule has 0 aliphatic heterocycles. The molecule has 2 rings (SSSR count). The zero-order valence-corrected chi connectivity index (χ0v) is 11.6. The average molecular weight is 286 g/mol. The van der Waals surface area contributed by atoms with E-state index in [4.69, 9.17) is 10.00 Å². The van der Waals surface area contributed by atoms with Crippen LogP contribution in [0, 0.1) is 11.3 Å². The third-order valence-corrected chi connectivity index (χ3v) is 6.12. The van der Waals surface area contributed by atoms with Gasteiger partial charge in [-0.25, -0.2) is 13.1 Å². The summed E-state index contributed by atoms with van der Waals surface area (Å²) in [6, 6.07) is 4.89. The van der Waals surface area contributed by atoms with Gasteiger partial charge >= 0.3 is 0 Å². The fourth-order valence-electron chi connectivity index (χ4n) is 1.85. The first-order valence-corrected chi connectivity index (χ1v) is 7.86. The summed E-state index contributed by atoms with van der Waals surface area (Å²) in [6.07, 6.45) is 2.81. The number of methoxy groups -OCH3 is 1. The summed E-state index contributed by atoms with van der Waals surface area (Å²) in [4.78, 5) is 0.389. The van der Waals surface area contributed by atoms with Crippen molar-refractivity contribution in [1.82, 2.24) is 4.72 Å². The van der Waals surface area contributed by atoms with Crippen LogP contribution in [0.4, 0.5) is 0 Å². The molecule has 1 aromatic rings. The molecule has 18 heavy (non-hydrogen) atoms. The molecule has 98 valence electrons. The molecule has 0 radical (unpaired) electrons. The topological polar surface area (TPSA) is 79.2 Å². The molecule has 1 saturated carbocycles. The lowest BCUT2D eigenvalue weighted by atomic mass is 9.80. The van der Waals surface area contributed by atoms with Gasteiger partial charge in [0, 0.05) is 13.7 Å². The molecule has 0 aromatic carbocycles. The normalized spacial score (nSPS) is 18.0. The van der Waals surface area contributed by atoms with Gasteiger partial charge in [-0.3, -0.25) is 0 Å². The molecule has 7 heteroatoms. The van der Waals surface area contributed by atoms with Crippen molar-refractivity contribution in [3.63, 3.8) is 0 Å². The van der Waals surface area contributed by atoms with Crippen LogP contribution in [0.2, 0.25) is 0 Å². The number of nitrogens with zero attached hydrogens (tertiary/aromatic N) is 1. The quantitative estimate of drug-likeness (QED) is 0.889. The van der Waals surface area contributed by atoms with E-state index in [-0.39, 0.29) is 16.4 Å². The Hall–Kier alpha value is -0.940. The highest BCUT2D eigenvalue weighted by Crippen LogP contribution is 2.34. The van der Waals surface area contributed by atoms with Gasteiger partial charge in [-0.1, -0.05) is 0 Å². The molecule has 0 amide bonds. The number of rotatable bonds is 5. The van der Waals surface area contributed by atoms with Gasteiger partial charge in [0.25, 0.3) is 0 Å². The van der Waals surface area contributed by atoms with Crippen LogP contribution in [0.5, 0.6) is 0 Å². The number of nitriles is 1. The number of ether oxygens (including phenoxy) is 1. The third kappa shape index (κ3) is 2.57. The molecule has 1 aromatic heterocycles. The van der Waals surface area contributed by atoms with Gasteiger partial charge in [0.15, 0.2) is 0 Å². The summed E-state index contributed by atoms with van der Waals surface area (Å²) in [5.74, 6) is 0. The molecular formula is C11H14N2O3S2. The number of hydrogen-bond acceptors (Lipinski definition) is 5. The lowest BCUT2D eigenvalue weighted by molar-refractivity contribution is -0.0659. The minimum atomic E-state index is -3.53. The molecule has 0 spiro atoms. The SMILES string of the molecule is COC1(CNS(=O)(=O)c2ccc(C#N)s2)CCC1. The van der Waals surface area contributed by atoms with Crippen LogP contribution < -0.4 is 4.72 Å². The summed E-state index contributed by atoms with van der Waals surface area (Å²) in [7, 11) is -1.93. The van der Waals surface area contributed by atoms with Crippen LogP contribution in [-0.4, -0.2) is 27.7 Å². The highest BCUT2D eigenvalue weighted by atomic mass is 32.2. The highest BCUT2D eigenvalue weighted by molar-refractivity contribution is 7.91. The monoisotopic (exact) mass is 286 g/mol. The number of thiophene rings is 1. The highest BCUT2D eigenvalue weighted by Gasteiger charge is 2.38. The van der Waals surface area contributed by atoms with E-state index in [9.17, 15) is 8.42 Å². The largest absolute Gasteiger partial charge is 0.377 e.